The molecule has 1 heterocycles. The number of halogens is 1. The van der Waals surface area contributed by atoms with Gasteiger partial charge >= 0.3 is 0 Å². The maximum atomic E-state index is 13.2. The van der Waals surface area contributed by atoms with Crippen molar-refractivity contribution in [2.45, 2.75) is 12.3 Å². The molecule has 1 aliphatic heterocycles. The summed E-state index contributed by atoms with van der Waals surface area (Å²) in [6.45, 7) is 3.91. The third kappa shape index (κ3) is 1.12. The summed E-state index contributed by atoms with van der Waals surface area (Å²) in [7, 11) is 0. The molecule has 0 aromatic heterocycles. The molecule has 0 N–H and O–H groups in total. The molecule has 0 spiro atoms. The van der Waals surface area contributed by atoms with Crippen LogP contribution in [0, 0.1) is 6.92 Å². The molecular weight excluding hydrogens is 155 g/mol. The average molecular weight is 165 g/mol. The zero-order valence-corrected chi connectivity index (χ0v) is 6.66. The van der Waals surface area contributed by atoms with Crippen LogP contribution in [0.5, 0.6) is 0 Å². The van der Waals surface area contributed by atoms with Gasteiger partial charge in [-0.25, -0.2) is 4.39 Å². The van der Waals surface area contributed by atoms with E-state index in [1.165, 1.54) is 0 Å². The number of fused-ring (bicyclic) bond motifs is 1. The third-order valence-corrected chi connectivity index (χ3v) is 2.12. The second-order valence-corrected chi connectivity index (χ2v) is 2.92. The standard InChI is InChI=1S/C10H10FO/c1-7-8-4-2-3-5-9(8)10(11)6-12-7/h2-5,7,10H,1,6H2. The van der Waals surface area contributed by atoms with Gasteiger partial charge in [0.05, 0.1) is 12.7 Å². The van der Waals surface area contributed by atoms with E-state index < -0.39 is 6.17 Å². The van der Waals surface area contributed by atoms with Crippen molar-refractivity contribution in [3.63, 3.8) is 0 Å². The number of ether oxygens (including phenoxy) is 1. The Bertz CT molecular complexity index is 256. The minimum Gasteiger partial charge on any atom is -0.370 e. The summed E-state index contributed by atoms with van der Waals surface area (Å²) in [5, 5.41) is 0. The van der Waals surface area contributed by atoms with Gasteiger partial charge in [0.15, 0.2) is 0 Å². The molecule has 0 bridgehead atoms. The Morgan fingerprint density at radius 2 is 2.00 bits per heavy atom. The van der Waals surface area contributed by atoms with Crippen molar-refractivity contribution < 1.29 is 9.13 Å². The summed E-state index contributed by atoms with van der Waals surface area (Å²) in [5.74, 6) is 0. The van der Waals surface area contributed by atoms with Crippen molar-refractivity contribution in [1.29, 1.82) is 0 Å². The maximum absolute atomic E-state index is 13.2. The van der Waals surface area contributed by atoms with E-state index in [-0.39, 0.29) is 12.7 Å². The van der Waals surface area contributed by atoms with E-state index in [4.69, 9.17) is 4.74 Å². The van der Waals surface area contributed by atoms with E-state index in [2.05, 4.69) is 6.92 Å². The normalized spacial score (nSPS) is 28.2. The molecule has 1 radical (unpaired) electrons. The van der Waals surface area contributed by atoms with Crippen molar-refractivity contribution in [3.05, 3.63) is 42.3 Å². The highest BCUT2D eigenvalue weighted by Gasteiger charge is 2.23. The van der Waals surface area contributed by atoms with E-state index in [0.717, 1.165) is 11.1 Å². The highest BCUT2D eigenvalue weighted by Crippen LogP contribution is 2.33. The van der Waals surface area contributed by atoms with Gasteiger partial charge < -0.3 is 4.74 Å². The molecule has 1 aliphatic rings. The summed E-state index contributed by atoms with van der Waals surface area (Å²) in [4.78, 5) is 0. The van der Waals surface area contributed by atoms with Gasteiger partial charge in [0.25, 0.3) is 0 Å². The lowest BCUT2D eigenvalue weighted by molar-refractivity contribution is 0.0228. The predicted molar refractivity (Wildman–Crippen MR) is 44.3 cm³/mol. The van der Waals surface area contributed by atoms with Gasteiger partial charge in [0, 0.05) is 0 Å². The van der Waals surface area contributed by atoms with E-state index >= 15 is 0 Å². The molecular formula is C10H10FO. The molecule has 2 rings (SSSR count). The third-order valence-electron chi connectivity index (χ3n) is 2.12. The molecule has 0 fully saturated rings. The Morgan fingerprint density at radius 3 is 2.67 bits per heavy atom. The van der Waals surface area contributed by atoms with Crippen LogP contribution in [-0.4, -0.2) is 6.61 Å². The highest BCUT2D eigenvalue weighted by molar-refractivity contribution is 5.33. The van der Waals surface area contributed by atoms with Crippen molar-refractivity contribution >= 4 is 0 Å². The Labute approximate surface area is 71.2 Å². The van der Waals surface area contributed by atoms with Gasteiger partial charge in [-0.3, -0.25) is 0 Å². The summed E-state index contributed by atoms with van der Waals surface area (Å²) >= 11 is 0. The Balaban J connectivity index is 2.47. The molecule has 1 aromatic carbocycles. The first-order valence-electron chi connectivity index (χ1n) is 3.96. The zero-order valence-electron chi connectivity index (χ0n) is 6.66. The SMILES string of the molecule is [CH2]C1OCC(F)c2ccccc21. The van der Waals surface area contributed by atoms with E-state index in [1.807, 2.05) is 18.2 Å². The summed E-state index contributed by atoms with van der Waals surface area (Å²) in [6, 6.07) is 7.36. The van der Waals surface area contributed by atoms with Crippen molar-refractivity contribution in [1.82, 2.24) is 0 Å². The molecule has 1 nitrogen and oxygen atoms in total. The van der Waals surface area contributed by atoms with Gasteiger partial charge in [-0.15, -0.1) is 0 Å². The fraction of sp³-hybridized carbons (Fsp3) is 0.300. The largest absolute Gasteiger partial charge is 0.370 e. The number of alkyl halides is 1. The van der Waals surface area contributed by atoms with Crippen LogP contribution in [0.2, 0.25) is 0 Å². The maximum Gasteiger partial charge on any atom is 0.149 e. The Hall–Kier alpha value is -0.890. The number of rotatable bonds is 0. The second-order valence-electron chi connectivity index (χ2n) is 2.92. The van der Waals surface area contributed by atoms with Crippen LogP contribution in [0.1, 0.15) is 23.4 Å². The van der Waals surface area contributed by atoms with Crippen LogP contribution >= 0.6 is 0 Å². The molecule has 1 aromatic rings. The van der Waals surface area contributed by atoms with Crippen LogP contribution in [-0.2, 0) is 4.74 Å². The average Bonchev–Trinajstić information content (AvgIpc) is 2.12. The van der Waals surface area contributed by atoms with Crippen LogP contribution < -0.4 is 0 Å². The van der Waals surface area contributed by atoms with Crippen molar-refractivity contribution in [2.24, 2.45) is 0 Å². The molecule has 2 atom stereocenters. The van der Waals surface area contributed by atoms with E-state index in [0.29, 0.717) is 0 Å². The van der Waals surface area contributed by atoms with E-state index in [9.17, 15) is 4.39 Å². The second kappa shape index (κ2) is 2.87. The summed E-state index contributed by atoms with van der Waals surface area (Å²) in [6.07, 6.45) is -1.20. The van der Waals surface area contributed by atoms with Crippen LogP contribution in [0.25, 0.3) is 0 Å². The molecule has 12 heavy (non-hydrogen) atoms. The number of hydrogen-bond donors (Lipinski definition) is 0. The molecule has 0 saturated heterocycles. The minimum absolute atomic E-state index is 0.130. The fourth-order valence-electron chi connectivity index (χ4n) is 1.47. The number of hydrogen-bond acceptors (Lipinski definition) is 1. The van der Waals surface area contributed by atoms with Crippen LogP contribution in [0.3, 0.4) is 0 Å². The van der Waals surface area contributed by atoms with Gasteiger partial charge in [-0.1, -0.05) is 24.3 Å². The Kier molecular flexibility index (Phi) is 1.85. The van der Waals surface area contributed by atoms with Gasteiger partial charge in [-0.05, 0) is 18.1 Å². The summed E-state index contributed by atoms with van der Waals surface area (Å²) in [5.41, 5.74) is 1.60. The first-order valence-corrected chi connectivity index (χ1v) is 3.96. The van der Waals surface area contributed by atoms with E-state index in [1.54, 1.807) is 6.07 Å². The van der Waals surface area contributed by atoms with Gasteiger partial charge in [0.2, 0.25) is 0 Å². The lowest BCUT2D eigenvalue weighted by atomic mass is 9.97. The van der Waals surface area contributed by atoms with Gasteiger partial charge in [-0.2, -0.15) is 0 Å². The monoisotopic (exact) mass is 165 g/mol. The molecule has 0 amide bonds. The first kappa shape index (κ1) is 7.74. The van der Waals surface area contributed by atoms with Crippen molar-refractivity contribution in [3.8, 4) is 0 Å². The summed E-state index contributed by atoms with van der Waals surface area (Å²) < 4.78 is 18.3. The minimum atomic E-state index is -0.987. The quantitative estimate of drug-likeness (QED) is 0.574. The topological polar surface area (TPSA) is 9.23 Å². The lowest BCUT2D eigenvalue weighted by Gasteiger charge is -2.25. The van der Waals surface area contributed by atoms with Crippen LogP contribution in [0.15, 0.2) is 24.3 Å². The first-order chi connectivity index (χ1) is 5.79. The molecule has 2 heteroatoms. The molecule has 63 valence electrons. The Morgan fingerprint density at radius 1 is 1.33 bits per heavy atom. The number of benzene rings is 1. The lowest BCUT2D eigenvalue weighted by Crippen LogP contribution is -2.16. The van der Waals surface area contributed by atoms with Gasteiger partial charge in [0.1, 0.15) is 6.17 Å². The highest BCUT2D eigenvalue weighted by atomic mass is 19.1. The van der Waals surface area contributed by atoms with Crippen molar-refractivity contribution in [2.75, 3.05) is 6.61 Å². The smallest absolute Gasteiger partial charge is 0.149 e. The molecule has 0 aliphatic carbocycles. The predicted octanol–water partition coefficient (Wildman–Crippen LogP) is 2.60. The van der Waals surface area contributed by atoms with Crippen LogP contribution in [0.4, 0.5) is 4.39 Å². The molecule has 0 saturated carbocycles. The zero-order chi connectivity index (χ0) is 8.55. The fourth-order valence-corrected chi connectivity index (χ4v) is 1.47. The molecule has 2 unspecified atom stereocenters.